The first-order chi connectivity index (χ1) is 8.09. The minimum Gasteiger partial charge on any atom is -0.390 e. The number of nitrogens with zero attached hydrogens (tertiary/aromatic N) is 2. The van der Waals surface area contributed by atoms with E-state index in [-0.39, 0.29) is 11.9 Å². The van der Waals surface area contributed by atoms with Crippen molar-refractivity contribution in [3.63, 3.8) is 0 Å². The molecule has 17 heavy (non-hydrogen) atoms. The zero-order valence-corrected chi connectivity index (χ0v) is 10.1. The van der Waals surface area contributed by atoms with Crippen molar-refractivity contribution in [2.24, 2.45) is 0 Å². The molecule has 1 amide bonds. The molecule has 1 fully saturated rings. The molecular formula is C12H17N3O2. The van der Waals surface area contributed by atoms with Crippen molar-refractivity contribution in [1.29, 1.82) is 0 Å². The fraction of sp³-hybridized carbons (Fsp3) is 0.500. The van der Waals surface area contributed by atoms with Crippen molar-refractivity contribution >= 4 is 5.91 Å². The number of aliphatic hydroxyl groups is 1. The van der Waals surface area contributed by atoms with Gasteiger partial charge in [-0.1, -0.05) is 6.07 Å². The summed E-state index contributed by atoms with van der Waals surface area (Å²) in [6.45, 7) is 3.00. The number of likely N-dealkylation sites (N-methyl/N-ethyl adjacent to an activating group) is 1. The number of aromatic nitrogens is 1. The van der Waals surface area contributed by atoms with E-state index >= 15 is 0 Å². The van der Waals surface area contributed by atoms with Crippen LogP contribution in [0.15, 0.2) is 18.2 Å². The molecule has 0 saturated carbocycles. The zero-order valence-electron chi connectivity index (χ0n) is 10.1. The highest BCUT2D eigenvalue weighted by atomic mass is 16.3. The number of hydrogen-bond donors (Lipinski definition) is 2. The maximum absolute atomic E-state index is 12.2. The van der Waals surface area contributed by atoms with E-state index in [1.54, 1.807) is 18.0 Å². The summed E-state index contributed by atoms with van der Waals surface area (Å²) in [6, 6.07) is 5.18. The molecule has 2 N–H and O–H groups in total. The van der Waals surface area contributed by atoms with Crippen LogP contribution in [0.2, 0.25) is 0 Å². The maximum Gasteiger partial charge on any atom is 0.272 e. The molecule has 1 saturated heterocycles. The van der Waals surface area contributed by atoms with Crippen LogP contribution in [-0.2, 0) is 0 Å². The third-order valence-corrected chi connectivity index (χ3v) is 3.08. The predicted octanol–water partition coefficient (Wildman–Crippen LogP) is -0.205. The molecule has 92 valence electrons. The topological polar surface area (TPSA) is 65.5 Å². The summed E-state index contributed by atoms with van der Waals surface area (Å²) in [4.78, 5) is 17.9. The van der Waals surface area contributed by atoms with Crippen LogP contribution in [0.4, 0.5) is 0 Å². The van der Waals surface area contributed by atoms with Gasteiger partial charge in [0.15, 0.2) is 0 Å². The molecule has 0 radical (unpaired) electrons. The number of amides is 1. The van der Waals surface area contributed by atoms with Crippen LogP contribution in [0.5, 0.6) is 0 Å². The molecule has 1 aromatic heterocycles. The second kappa shape index (κ2) is 4.81. The van der Waals surface area contributed by atoms with Crippen molar-refractivity contribution in [2.75, 3.05) is 20.1 Å². The van der Waals surface area contributed by atoms with E-state index < -0.39 is 6.10 Å². The first-order valence-electron chi connectivity index (χ1n) is 5.69. The SMILES string of the molecule is Cc1cccc(C(=O)N(C)[C@H]2CNC[C@@H]2O)n1. The summed E-state index contributed by atoms with van der Waals surface area (Å²) in [5.41, 5.74) is 1.24. The molecule has 1 aliphatic rings. The quantitative estimate of drug-likeness (QED) is 0.745. The van der Waals surface area contributed by atoms with Gasteiger partial charge in [0.25, 0.3) is 5.91 Å². The third kappa shape index (κ3) is 2.45. The molecule has 2 atom stereocenters. The van der Waals surface area contributed by atoms with Crippen LogP contribution in [0.1, 0.15) is 16.2 Å². The Morgan fingerprint density at radius 2 is 2.29 bits per heavy atom. The summed E-state index contributed by atoms with van der Waals surface area (Å²) in [7, 11) is 1.70. The van der Waals surface area contributed by atoms with Crippen LogP contribution >= 0.6 is 0 Å². The van der Waals surface area contributed by atoms with Crippen LogP contribution in [0.3, 0.4) is 0 Å². The Labute approximate surface area is 100 Å². The first kappa shape index (κ1) is 12.0. The number of carbonyl (C=O) groups is 1. The monoisotopic (exact) mass is 235 g/mol. The average molecular weight is 235 g/mol. The van der Waals surface area contributed by atoms with E-state index in [4.69, 9.17) is 0 Å². The van der Waals surface area contributed by atoms with E-state index in [9.17, 15) is 9.90 Å². The Morgan fingerprint density at radius 3 is 2.88 bits per heavy atom. The minimum atomic E-state index is -0.506. The number of pyridine rings is 1. The lowest BCUT2D eigenvalue weighted by molar-refractivity contribution is 0.0575. The van der Waals surface area contributed by atoms with Gasteiger partial charge in [-0.25, -0.2) is 4.98 Å². The summed E-state index contributed by atoms with van der Waals surface area (Å²) < 4.78 is 0. The number of hydrogen-bond acceptors (Lipinski definition) is 4. The minimum absolute atomic E-state index is 0.151. The van der Waals surface area contributed by atoms with Gasteiger partial charge in [-0.2, -0.15) is 0 Å². The predicted molar refractivity (Wildman–Crippen MR) is 63.7 cm³/mol. The van der Waals surface area contributed by atoms with Gasteiger partial charge in [0.2, 0.25) is 0 Å². The van der Waals surface area contributed by atoms with Crippen LogP contribution < -0.4 is 5.32 Å². The van der Waals surface area contributed by atoms with E-state index in [0.717, 1.165) is 5.69 Å². The fourth-order valence-electron chi connectivity index (χ4n) is 2.04. The highest BCUT2D eigenvalue weighted by Gasteiger charge is 2.31. The van der Waals surface area contributed by atoms with Crippen molar-refractivity contribution in [1.82, 2.24) is 15.2 Å². The van der Waals surface area contributed by atoms with Crippen molar-refractivity contribution in [3.05, 3.63) is 29.6 Å². The van der Waals surface area contributed by atoms with Crippen LogP contribution in [-0.4, -0.2) is 53.2 Å². The molecule has 5 nitrogen and oxygen atoms in total. The standard InChI is InChI=1S/C12H17N3O2/c1-8-4-3-5-9(14-8)12(17)15(2)10-6-13-7-11(10)16/h3-5,10-11,13,16H,6-7H2,1-2H3/t10-,11-/m0/s1. The van der Waals surface area contributed by atoms with E-state index in [1.807, 2.05) is 19.1 Å². The van der Waals surface area contributed by atoms with E-state index in [2.05, 4.69) is 10.3 Å². The van der Waals surface area contributed by atoms with Gasteiger partial charge in [-0.05, 0) is 19.1 Å². The molecular weight excluding hydrogens is 218 g/mol. The summed E-state index contributed by atoms with van der Waals surface area (Å²) in [5, 5.41) is 12.8. The Morgan fingerprint density at radius 1 is 1.53 bits per heavy atom. The van der Waals surface area contributed by atoms with E-state index in [0.29, 0.717) is 18.8 Å². The number of carbonyl (C=O) groups excluding carboxylic acids is 1. The van der Waals surface area contributed by atoms with Gasteiger partial charge >= 0.3 is 0 Å². The largest absolute Gasteiger partial charge is 0.390 e. The zero-order chi connectivity index (χ0) is 12.4. The van der Waals surface area contributed by atoms with Crippen molar-refractivity contribution in [3.8, 4) is 0 Å². The van der Waals surface area contributed by atoms with Crippen molar-refractivity contribution < 1.29 is 9.90 Å². The highest BCUT2D eigenvalue weighted by molar-refractivity contribution is 5.92. The van der Waals surface area contributed by atoms with E-state index in [1.165, 1.54) is 0 Å². The first-order valence-corrected chi connectivity index (χ1v) is 5.69. The van der Waals surface area contributed by atoms with Gasteiger partial charge in [0, 0.05) is 25.8 Å². The normalized spacial score (nSPS) is 23.7. The van der Waals surface area contributed by atoms with Gasteiger partial charge < -0.3 is 15.3 Å². The van der Waals surface area contributed by atoms with Crippen LogP contribution in [0, 0.1) is 6.92 Å². The molecule has 0 aromatic carbocycles. The lowest BCUT2D eigenvalue weighted by atomic mass is 10.1. The van der Waals surface area contributed by atoms with Crippen LogP contribution in [0.25, 0.3) is 0 Å². The number of rotatable bonds is 2. The average Bonchev–Trinajstić information content (AvgIpc) is 2.73. The molecule has 0 spiro atoms. The fourth-order valence-corrected chi connectivity index (χ4v) is 2.04. The number of aryl methyl sites for hydroxylation is 1. The molecule has 0 bridgehead atoms. The molecule has 0 aliphatic carbocycles. The van der Waals surface area contributed by atoms with Gasteiger partial charge in [0.05, 0.1) is 12.1 Å². The number of aliphatic hydroxyl groups excluding tert-OH is 1. The lowest BCUT2D eigenvalue weighted by Crippen LogP contribution is -2.44. The molecule has 5 heteroatoms. The molecule has 0 unspecified atom stereocenters. The molecule has 1 aliphatic heterocycles. The van der Waals surface area contributed by atoms with Gasteiger partial charge in [-0.15, -0.1) is 0 Å². The van der Waals surface area contributed by atoms with Gasteiger partial charge in [0.1, 0.15) is 5.69 Å². The summed E-state index contributed by atoms with van der Waals surface area (Å²) in [5.74, 6) is -0.151. The molecule has 1 aromatic rings. The Balaban J connectivity index is 2.14. The smallest absolute Gasteiger partial charge is 0.272 e. The molecule has 2 rings (SSSR count). The highest BCUT2D eigenvalue weighted by Crippen LogP contribution is 2.11. The third-order valence-electron chi connectivity index (χ3n) is 3.08. The summed E-state index contributed by atoms with van der Waals surface area (Å²) in [6.07, 6.45) is -0.506. The lowest BCUT2D eigenvalue weighted by Gasteiger charge is -2.26. The van der Waals surface area contributed by atoms with Gasteiger partial charge in [-0.3, -0.25) is 4.79 Å². The number of β-amino-alcohol motifs (C(OH)–C–C–N with tert-alkyl or cyclic N) is 1. The maximum atomic E-state index is 12.2. The second-order valence-corrected chi connectivity index (χ2v) is 4.37. The number of nitrogens with one attached hydrogen (secondary N) is 1. The molecule has 2 heterocycles. The Kier molecular flexibility index (Phi) is 3.40. The second-order valence-electron chi connectivity index (χ2n) is 4.37. The Bertz CT molecular complexity index is 422. The summed E-state index contributed by atoms with van der Waals surface area (Å²) >= 11 is 0. The Hall–Kier alpha value is -1.46. The van der Waals surface area contributed by atoms with Crippen molar-refractivity contribution in [2.45, 2.75) is 19.1 Å².